The van der Waals surface area contributed by atoms with E-state index in [0.29, 0.717) is 17.3 Å². The summed E-state index contributed by atoms with van der Waals surface area (Å²) >= 11 is 0. The number of benzene rings is 1. The number of rotatable bonds is 3. The monoisotopic (exact) mass is 353 g/mol. The molecule has 3 rings (SSSR count). The van der Waals surface area contributed by atoms with E-state index in [-0.39, 0.29) is 5.57 Å². The van der Waals surface area contributed by atoms with Gasteiger partial charge in [0, 0.05) is 20.2 Å². The Hall–Kier alpha value is -3.35. The van der Waals surface area contributed by atoms with Gasteiger partial charge >= 0.3 is 6.03 Å². The van der Waals surface area contributed by atoms with Crippen LogP contribution < -0.4 is 15.1 Å². The molecule has 1 N–H and O–H groups in total. The Kier molecular flexibility index (Phi) is 4.38. The van der Waals surface area contributed by atoms with Crippen molar-refractivity contribution < 1.29 is 18.8 Å². The largest absolute Gasteiger partial charge is 0.441 e. The van der Waals surface area contributed by atoms with Crippen molar-refractivity contribution in [3.05, 3.63) is 52.8 Å². The van der Waals surface area contributed by atoms with Crippen LogP contribution in [0.15, 0.2) is 40.3 Å². The average Bonchev–Trinajstić information content (AvgIpc) is 2.99. The van der Waals surface area contributed by atoms with Crippen LogP contribution >= 0.6 is 0 Å². The number of aryl methyl sites for hydroxylation is 2. The lowest BCUT2D eigenvalue weighted by Crippen LogP contribution is -2.54. The first kappa shape index (κ1) is 17.5. The second-order valence-electron chi connectivity index (χ2n) is 6.37. The van der Waals surface area contributed by atoms with Crippen LogP contribution in [0, 0.1) is 13.8 Å². The summed E-state index contributed by atoms with van der Waals surface area (Å²) in [4.78, 5) is 40.0. The quantitative estimate of drug-likeness (QED) is 0.677. The Morgan fingerprint density at radius 2 is 1.69 bits per heavy atom. The predicted octanol–water partition coefficient (Wildman–Crippen LogP) is 2.63. The van der Waals surface area contributed by atoms with E-state index in [1.165, 1.54) is 6.08 Å². The maximum absolute atomic E-state index is 12.8. The summed E-state index contributed by atoms with van der Waals surface area (Å²) in [6, 6.07) is 7.98. The molecule has 7 nitrogen and oxygen atoms in total. The second-order valence-corrected chi connectivity index (χ2v) is 6.37. The van der Waals surface area contributed by atoms with Gasteiger partial charge in [0.15, 0.2) is 5.88 Å². The van der Waals surface area contributed by atoms with Gasteiger partial charge in [-0.05, 0) is 49.2 Å². The minimum Gasteiger partial charge on any atom is -0.441 e. The Morgan fingerprint density at radius 3 is 2.27 bits per heavy atom. The molecule has 7 heteroatoms. The molecule has 1 saturated heterocycles. The van der Waals surface area contributed by atoms with Crippen LogP contribution in [0.4, 0.5) is 16.4 Å². The molecule has 4 amide bonds. The van der Waals surface area contributed by atoms with Crippen molar-refractivity contribution in [2.75, 3.05) is 23.9 Å². The number of carbonyl (C=O) groups is 3. The highest BCUT2D eigenvalue weighted by Crippen LogP contribution is 2.25. The van der Waals surface area contributed by atoms with Gasteiger partial charge in [0.1, 0.15) is 11.3 Å². The molecule has 0 saturated carbocycles. The Morgan fingerprint density at radius 1 is 1.04 bits per heavy atom. The summed E-state index contributed by atoms with van der Waals surface area (Å²) < 4.78 is 5.56. The molecule has 0 aliphatic carbocycles. The predicted molar refractivity (Wildman–Crippen MR) is 98.0 cm³/mol. The smallest absolute Gasteiger partial charge is 0.335 e. The van der Waals surface area contributed by atoms with Crippen LogP contribution in [0.25, 0.3) is 6.08 Å². The molecule has 0 bridgehead atoms. The molecule has 1 aromatic heterocycles. The van der Waals surface area contributed by atoms with Crippen molar-refractivity contribution in [2.24, 2.45) is 0 Å². The van der Waals surface area contributed by atoms with Gasteiger partial charge in [-0.2, -0.15) is 0 Å². The van der Waals surface area contributed by atoms with Crippen LogP contribution in [0.1, 0.15) is 16.9 Å². The zero-order valence-corrected chi connectivity index (χ0v) is 15.0. The van der Waals surface area contributed by atoms with E-state index in [9.17, 15) is 14.4 Å². The summed E-state index contributed by atoms with van der Waals surface area (Å²) in [5.74, 6) is -0.500. The zero-order valence-electron chi connectivity index (χ0n) is 15.0. The summed E-state index contributed by atoms with van der Waals surface area (Å²) in [5, 5.41) is 2.20. The lowest BCUT2D eigenvalue weighted by molar-refractivity contribution is -0.122. The first-order chi connectivity index (χ1) is 12.3. The van der Waals surface area contributed by atoms with E-state index in [0.717, 1.165) is 16.0 Å². The molecular formula is C19H19N3O4. The Balaban J connectivity index is 2.01. The van der Waals surface area contributed by atoms with Crippen LogP contribution in [-0.4, -0.2) is 31.9 Å². The maximum atomic E-state index is 12.8. The molecule has 1 fully saturated rings. The Bertz CT molecular complexity index is 920. The van der Waals surface area contributed by atoms with Crippen LogP contribution in [0.5, 0.6) is 0 Å². The third kappa shape index (κ3) is 3.23. The summed E-state index contributed by atoms with van der Waals surface area (Å²) in [5.41, 5.74) is 2.06. The first-order valence-corrected chi connectivity index (χ1v) is 8.03. The van der Waals surface area contributed by atoms with E-state index in [4.69, 9.17) is 4.42 Å². The molecule has 1 aliphatic rings. The van der Waals surface area contributed by atoms with Gasteiger partial charge in [0.2, 0.25) is 0 Å². The van der Waals surface area contributed by atoms with Gasteiger partial charge in [-0.15, -0.1) is 0 Å². The third-order valence-corrected chi connectivity index (χ3v) is 3.91. The van der Waals surface area contributed by atoms with E-state index in [1.54, 1.807) is 29.2 Å². The number of barbiturate groups is 1. The van der Waals surface area contributed by atoms with E-state index < -0.39 is 17.8 Å². The normalized spacial score (nSPS) is 16.2. The fourth-order valence-electron chi connectivity index (χ4n) is 2.77. The zero-order chi connectivity index (χ0) is 19.0. The SMILES string of the molecule is Cc1cc(C)cc(N2C(=O)NC(=O)/C(=C\c3ccc(N(C)C)o3)C2=O)c1. The topological polar surface area (TPSA) is 82.9 Å². The van der Waals surface area contributed by atoms with Crippen LogP contribution in [0.3, 0.4) is 0 Å². The molecule has 2 aromatic rings. The molecule has 0 spiro atoms. The molecule has 26 heavy (non-hydrogen) atoms. The number of urea groups is 1. The van der Waals surface area contributed by atoms with Crippen LogP contribution in [-0.2, 0) is 9.59 Å². The standard InChI is InChI=1S/C19H19N3O4/c1-11-7-12(2)9-13(8-11)22-18(24)15(17(23)20-19(22)25)10-14-5-6-16(26-14)21(3)4/h5-10H,1-4H3,(H,20,23,25)/b15-10+. The molecule has 0 atom stereocenters. The number of amides is 4. The number of anilines is 2. The molecule has 134 valence electrons. The lowest BCUT2D eigenvalue weighted by Gasteiger charge is -2.26. The van der Waals surface area contributed by atoms with Gasteiger partial charge in [-0.3, -0.25) is 14.9 Å². The molecule has 1 aromatic carbocycles. The molecule has 1 aliphatic heterocycles. The summed E-state index contributed by atoms with van der Waals surface area (Å²) in [6.07, 6.45) is 1.34. The van der Waals surface area contributed by atoms with Crippen molar-refractivity contribution in [3.63, 3.8) is 0 Å². The van der Waals surface area contributed by atoms with Crippen molar-refractivity contribution in [1.29, 1.82) is 0 Å². The molecule has 0 unspecified atom stereocenters. The highest BCUT2D eigenvalue weighted by molar-refractivity contribution is 6.39. The van der Waals surface area contributed by atoms with Gasteiger partial charge in [0.05, 0.1) is 5.69 Å². The van der Waals surface area contributed by atoms with Crippen LogP contribution in [0.2, 0.25) is 0 Å². The fourth-order valence-corrected chi connectivity index (χ4v) is 2.77. The number of nitrogens with zero attached hydrogens (tertiary/aromatic N) is 2. The highest BCUT2D eigenvalue weighted by atomic mass is 16.4. The molecular weight excluding hydrogens is 334 g/mol. The minimum absolute atomic E-state index is 0.164. The third-order valence-electron chi connectivity index (χ3n) is 3.91. The van der Waals surface area contributed by atoms with Crippen molar-refractivity contribution in [1.82, 2.24) is 5.32 Å². The number of carbonyl (C=O) groups excluding carboxylic acids is 3. The van der Waals surface area contributed by atoms with E-state index in [2.05, 4.69) is 5.32 Å². The average molecular weight is 353 g/mol. The fraction of sp³-hybridized carbons (Fsp3) is 0.211. The van der Waals surface area contributed by atoms with Crippen molar-refractivity contribution in [2.45, 2.75) is 13.8 Å². The minimum atomic E-state index is -0.768. The lowest BCUT2D eigenvalue weighted by atomic mass is 10.1. The second kappa shape index (κ2) is 6.51. The van der Waals surface area contributed by atoms with Gasteiger partial charge in [-0.25, -0.2) is 9.69 Å². The van der Waals surface area contributed by atoms with Gasteiger partial charge in [-0.1, -0.05) is 6.07 Å². The van der Waals surface area contributed by atoms with Crippen molar-refractivity contribution in [3.8, 4) is 0 Å². The van der Waals surface area contributed by atoms with Gasteiger partial charge in [0.25, 0.3) is 11.8 Å². The number of imide groups is 2. The Labute approximate surface area is 150 Å². The highest BCUT2D eigenvalue weighted by Gasteiger charge is 2.37. The van der Waals surface area contributed by atoms with E-state index >= 15 is 0 Å². The van der Waals surface area contributed by atoms with Crippen molar-refractivity contribution >= 4 is 35.5 Å². The molecule has 0 radical (unpaired) electrons. The number of furan rings is 1. The number of nitrogens with one attached hydrogen (secondary N) is 1. The first-order valence-electron chi connectivity index (χ1n) is 8.03. The molecule has 2 heterocycles. The number of hydrogen-bond donors (Lipinski definition) is 1. The van der Waals surface area contributed by atoms with Gasteiger partial charge < -0.3 is 9.32 Å². The summed E-state index contributed by atoms with van der Waals surface area (Å²) in [7, 11) is 3.63. The summed E-state index contributed by atoms with van der Waals surface area (Å²) in [6.45, 7) is 3.74. The number of hydrogen-bond acceptors (Lipinski definition) is 5. The van der Waals surface area contributed by atoms with E-state index in [1.807, 2.05) is 34.0 Å². The maximum Gasteiger partial charge on any atom is 0.335 e.